The number of nitrogens with one attached hydrogen (secondary N) is 1. The van der Waals surface area contributed by atoms with E-state index in [9.17, 15) is 9.90 Å². The van der Waals surface area contributed by atoms with Gasteiger partial charge in [-0.1, -0.05) is 0 Å². The first kappa shape index (κ1) is 12.8. The molecule has 0 aromatic carbocycles. The van der Waals surface area contributed by atoms with Gasteiger partial charge in [-0.15, -0.1) is 0 Å². The zero-order chi connectivity index (χ0) is 13.1. The largest absolute Gasteiger partial charge is 0.393 e. The number of amides is 1. The normalized spacial score (nSPS) is 20.8. The number of aliphatic hydroxyl groups is 1. The lowest BCUT2D eigenvalue weighted by Crippen LogP contribution is -2.30. The molecule has 0 saturated carbocycles. The van der Waals surface area contributed by atoms with Crippen molar-refractivity contribution in [2.24, 2.45) is 11.8 Å². The smallest absolute Gasteiger partial charge is 0.254 e. The number of hydrogen-bond acceptors (Lipinski definition) is 5. The van der Waals surface area contributed by atoms with E-state index in [4.69, 9.17) is 5.84 Å². The van der Waals surface area contributed by atoms with Crippen LogP contribution in [-0.2, 0) is 0 Å². The molecule has 1 amide bonds. The van der Waals surface area contributed by atoms with Crippen molar-refractivity contribution in [1.82, 2.24) is 9.88 Å². The summed E-state index contributed by atoms with van der Waals surface area (Å²) in [5, 5.41) is 9.53. The minimum absolute atomic E-state index is 0.0444. The van der Waals surface area contributed by atoms with Crippen LogP contribution in [0.5, 0.6) is 0 Å². The van der Waals surface area contributed by atoms with Gasteiger partial charge in [0, 0.05) is 30.8 Å². The van der Waals surface area contributed by atoms with E-state index in [0.717, 1.165) is 6.42 Å². The summed E-state index contributed by atoms with van der Waals surface area (Å²) in [6, 6.07) is 3.29. The molecule has 4 N–H and O–H groups in total. The van der Waals surface area contributed by atoms with E-state index in [2.05, 4.69) is 10.4 Å². The summed E-state index contributed by atoms with van der Waals surface area (Å²) in [4.78, 5) is 18.0. The Bertz CT molecular complexity index is 436. The summed E-state index contributed by atoms with van der Waals surface area (Å²) in [6.07, 6.45) is 2.02. The number of hydrazine groups is 1. The Morgan fingerprint density at radius 3 is 3.11 bits per heavy atom. The maximum Gasteiger partial charge on any atom is 0.254 e. The monoisotopic (exact) mass is 250 g/mol. The molecule has 1 aromatic heterocycles. The highest BCUT2D eigenvalue weighted by Crippen LogP contribution is 2.21. The van der Waals surface area contributed by atoms with E-state index in [0.29, 0.717) is 24.5 Å². The third kappa shape index (κ3) is 2.60. The second kappa shape index (κ2) is 5.32. The number of likely N-dealkylation sites (tertiary alicyclic amines) is 1. The van der Waals surface area contributed by atoms with Crippen LogP contribution >= 0.6 is 0 Å². The molecule has 6 nitrogen and oxygen atoms in total. The molecule has 1 aliphatic rings. The fourth-order valence-corrected chi connectivity index (χ4v) is 2.19. The number of nitrogen functional groups attached to an aromatic ring is 1. The van der Waals surface area contributed by atoms with E-state index in [1.54, 1.807) is 30.2 Å². The highest BCUT2D eigenvalue weighted by Gasteiger charge is 2.29. The summed E-state index contributed by atoms with van der Waals surface area (Å²) < 4.78 is 0. The summed E-state index contributed by atoms with van der Waals surface area (Å²) in [7, 11) is 0. The molecule has 2 heterocycles. The second-order valence-electron chi connectivity index (χ2n) is 4.61. The van der Waals surface area contributed by atoms with Crippen LogP contribution in [0, 0.1) is 5.92 Å². The zero-order valence-corrected chi connectivity index (χ0v) is 10.3. The number of nitrogens with two attached hydrogens (primary N) is 1. The fraction of sp³-hybridized carbons (Fsp3) is 0.500. The molecule has 0 bridgehead atoms. The molecule has 1 fully saturated rings. The van der Waals surface area contributed by atoms with Gasteiger partial charge in [0.2, 0.25) is 0 Å². The molecule has 2 atom stereocenters. The van der Waals surface area contributed by atoms with E-state index in [1.165, 1.54) is 0 Å². The average molecular weight is 250 g/mol. The van der Waals surface area contributed by atoms with Crippen LogP contribution in [-0.4, -0.2) is 40.1 Å². The van der Waals surface area contributed by atoms with E-state index >= 15 is 0 Å². The van der Waals surface area contributed by atoms with Crippen LogP contribution in [0.3, 0.4) is 0 Å². The Morgan fingerprint density at radius 1 is 1.72 bits per heavy atom. The summed E-state index contributed by atoms with van der Waals surface area (Å²) in [5.41, 5.74) is 2.98. The zero-order valence-electron chi connectivity index (χ0n) is 10.3. The number of aromatic nitrogens is 1. The molecule has 98 valence electrons. The quantitative estimate of drug-likeness (QED) is 0.527. The molecule has 1 aliphatic heterocycles. The van der Waals surface area contributed by atoms with Gasteiger partial charge < -0.3 is 15.4 Å². The number of anilines is 1. The van der Waals surface area contributed by atoms with Gasteiger partial charge in [-0.05, 0) is 25.5 Å². The van der Waals surface area contributed by atoms with Crippen LogP contribution < -0.4 is 11.3 Å². The van der Waals surface area contributed by atoms with Crippen LogP contribution in [0.15, 0.2) is 18.3 Å². The van der Waals surface area contributed by atoms with Gasteiger partial charge in [-0.3, -0.25) is 4.79 Å². The molecular weight excluding hydrogens is 232 g/mol. The Kier molecular flexibility index (Phi) is 3.78. The third-order valence-corrected chi connectivity index (χ3v) is 3.35. The first-order chi connectivity index (χ1) is 8.61. The number of carbonyl (C=O) groups is 1. The number of aliphatic hydroxyl groups excluding tert-OH is 1. The fourth-order valence-electron chi connectivity index (χ4n) is 2.19. The number of rotatable bonds is 3. The van der Waals surface area contributed by atoms with Crippen molar-refractivity contribution in [1.29, 1.82) is 0 Å². The van der Waals surface area contributed by atoms with Crippen molar-refractivity contribution < 1.29 is 9.90 Å². The molecule has 18 heavy (non-hydrogen) atoms. The van der Waals surface area contributed by atoms with Gasteiger partial charge in [0.05, 0.1) is 6.10 Å². The van der Waals surface area contributed by atoms with E-state index < -0.39 is 0 Å². The Balaban J connectivity index is 2.08. The summed E-state index contributed by atoms with van der Waals surface area (Å²) >= 11 is 0. The number of carbonyl (C=O) groups excluding carboxylic acids is 1. The molecule has 0 spiro atoms. The third-order valence-electron chi connectivity index (χ3n) is 3.35. The van der Waals surface area contributed by atoms with Crippen LogP contribution in [0.25, 0.3) is 0 Å². The van der Waals surface area contributed by atoms with Gasteiger partial charge in [-0.2, -0.15) is 0 Å². The minimum atomic E-state index is -0.374. The molecule has 2 unspecified atom stereocenters. The summed E-state index contributed by atoms with van der Waals surface area (Å²) in [5.74, 6) is 5.85. The first-order valence-corrected chi connectivity index (χ1v) is 6.02. The highest BCUT2D eigenvalue weighted by atomic mass is 16.3. The van der Waals surface area contributed by atoms with E-state index in [-0.39, 0.29) is 17.9 Å². The lowest BCUT2D eigenvalue weighted by Gasteiger charge is -2.18. The minimum Gasteiger partial charge on any atom is -0.393 e. The van der Waals surface area contributed by atoms with Gasteiger partial charge in [-0.25, -0.2) is 10.8 Å². The molecule has 1 saturated heterocycles. The number of nitrogens with zero attached hydrogens (tertiary/aromatic N) is 2. The molecule has 2 rings (SSSR count). The number of hydrogen-bond donors (Lipinski definition) is 3. The predicted molar refractivity (Wildman–Crippen MR) is 67.7 cm³/mol. The van der Waals surface area contributed by atoms with Gasteiger partial charge in [0.25, 0.3) is 5.91 Å². The SMILES string of the molecule is CC(O)C1CCN(C(=O)c2ccnc(NN)c2)C1. The Morgan fingerprint density at radius 2 is 2.50 bits per heavy atom. The van der Waals surface area contributed by atoms with Crippen LogP contribution in [0.2, 0.25) is 0 Å². The van der Waals surface area contributed by atoms with Crippen molar-refractivity contribution in [3.63, 3.8) is 0 Å². The maximum absolute atomic E-state index is 12.2. The van der Waals surface area contributed by atoms with Crippen molar-refractivity contribution in [2.45, 2.75) is 19.4 Å². The van der Waals surface area contributed by atoms with E-state index in [1.807, 2.05) is 0 Å². The standard InChI is InChI=1S/C12H18N4O2/c1-8(17)10-3-5-16(7-10)12(18)9-2-4-14-11(6-9)15-13/h2,4,6,8,10,17H,3,5,7,13H2,1H3,(H,14,15). The second-order valence-corrected chi connectivity index (χ2v) is 4.61. The first-order valence-electron chi connectivity index (χ1n) is 6.02. The Hall–Kier alpha value is -1.66. The molecule has 1 aromatic rings. The van der Waals surface area contributed by atoms with Crippen molar-refractivity contribution in [3.05, 3.63) is 23.9 Å². The Labute approximate surface area is 106 Å². The lowest BCUT2D eigenvalue weighted by atomic mass is 10.0. The van der Waals surface area contributed by atoms with Crippen molar-refractivity contribution >= 4 is 11.7 Å². The molecule has 0 aliphatic carbocycles. The highest BCUT2D eigenvalue weighted by molar-refractivity contribution is 5.95. The average Bonchev–Trinajstić information content (AvgIpc) is 2.87. The maximum atomic E-state index is 12.2. The van der Waals surface area contributed by atoms with Crippen LogP contribution in [0.1, 0.15) is 23.7 Å². The molecule has 6 heteroatoms. The molecule has 0 radical (unpaired) electrons. The lowest BCUT2D eigenvalue weighted by molar-refractivity contribution is 0.0762. The number of pyridine rings is 1. The van der Waals surface area contributed by atoms with Gasteiger partial charge in [0.1, 0.15) is 5.82 Å². The van der Waals surface area contributed by atoms with Gasteiger partial charge >= 0.3 is 0 Å². The van der Waals surface area contributed by atoms with Crippen molar-refractivity contribution in [3.8, 4) is 0 Å². The summed E-state index contributed by atoms with van der Waals surface area (Å²) in [6.45, 7) is 3.05. The van der Waals surface area contributed by atoms with Crippen LogP contribution in [0.4, 0.5) is 5.82 Å². The van der Waals surface area contributed by atoms with Gasteiger partial charge in [0.15, 0.2) is 0 Å². The molecular formula is C12H18N4O2. The topological polar surface area (TPSA) is 91.5 Å². The predicted octanol–water partition coefficient (Wildman–Crippen LogP) is 0.210. The van der Waals surface area contributed by atoms with Crippen molar-refractivity contribution in [2.75, 3.05) is 18.5 Å².